The number of anilines is 1. The molecule has 1 aliphatic rings. The van der Waals surface area contributed by atoms with Crippen molar-refractivity contribution in [3.8, 4) is 6.07 Å². The quantitative estimate of drug-likeness (QED) is 0.939. The van der Waals surface area contributed by atoms with Gasteiger partial charge >= 0.3 is 0 Å². The molecule has 1 fully saturated rings. The molecule has 2 heterocycles. The number of nitrogens with zero attached hydrogens (tertiary/aromatic N) is 3. The van der Waals surface area contributed by atoms with E-state index in [1.54, 1.807) is 0 Å². The van der Waals surface area contributed by atoms with Gasteiger partial charge in [-0.2, -0.15) is 5.26 Å². The fourth-order valence-electron chi connectivity index (χ4n) is 3.11. The number of pyridine rings is 1. The molecule has 3 rings (SSSR count). The molecule has 21 heavy (non-hydrogen) atoms. The van der Waals surface area contributed by atoms with Crippen LogP contribution in [-0.2, 0) is 0 Å². The Morgan fingerprint density at radius 1 is 1.43 bits per heavy atom. The molecule has 1 aromatic heterocycles. The van der Waals surface area contributed by atoms with E-state index in [1.807, 2.05) is 30.3 Å². The zero-order valence-electron chi connectivity index (χ0n) is 12.3. The molecule has 0 saturated carbocycles. The number of nitrogens with one attached hydrogen (secondary N) is 1. The average molecular weight is 280 g/mol. The minimum absolute atomic E-state index is 0.462. The highest BCUT2D eigenvalue weighted by atomic mass is 15.2. The standard InChI is InChI=1S/C17H20N4/c1-2-21(14-6-5-9-19-12-14)17-10-13(11-18)15-7-3-4-8-16(15)20-17/h3-4,7-8,10,14,19H,2,5-6,9,12H2,1H3. The maximum atomic E-state index is 9.42. The van der Waals surface area contributed by atoms with Crippen LogP contribution in [0.15, 0.2) is 30.3 Å². The summed E-state index contributed by atoms with van der Waals surface area (Å²) in [5, 5.41) is 13.8. The van der Waals surface area contributed by atoms with Crippen LogP contribution in [0.25, 0.3) is 10.9 Å². The van der Waals surface area contributed by atoms with Gasteiger partial charge in [0.1, 0.15) is 5.82 Å². The summed E-state index contributed by atoms with van der Waals surface area (Å²) in [7, 11) is 0. The van der Waals surface area contributed by atoms with E-state index in [0.717, 1.165) is 36.4 Å². The zero-order chi connectivity index (χ0) is 14.7. The number of nitriles is 1. The monoisotopic (exact) mass is 280 g/mol. The second kappa shape index (κ2) is 6.11. The first kappa shape index (κ1) is 13.8. The van der Waals surface area contributed by atoms with E-state index in [9.17, 15) is 5.26 Å². The Hall–Kier alpha value is -2.12. The minimum Gasteiger partial charge on any atom is -0.353 e. The van der Waals surface area contributed by atoms with E-state index in [2.05, 4.69) is 23.2 Å². The van der Waals surface area contributed by atoms with Crippen LogP contribution in [0.2, 0.25) is 0 Å². The molecule has 4 heteroatoms. The lowest BCUT2D eigenvalue weighted by Gasteiger charge is -2.35. The van der Waals surface area contributed by atoms with Crippen LogP contribution in [-0.4, -0.2) is 30.7 Å². The van der Waals surface area contributed by atoms with Gasteiger partial charge in [0.25, 0.3) is 0 Å². The number of likely N-dealkylation sites (N-methyl/N-ethyl adjacent to an activating group) is 1. The molecule has 1 saturated heterocycles. The van der Waals surface area contributed by atoms with E-state index in [4.69, 9.17) is 4.98 Å². The summed E-state index contributed by atoms with van der Waals surface area (Å²) < 4.78 is 0. The SMILES string of the molecule is CCN(c1cc(C#N)c2ccccc2n1)C1CCCNC1. The molecular weight excluding hydrogens is 260 g/mol. The van der Waals surface area contributed by atoms with Gasteiger partial charge in [0.05, 0.1) is 17.1 Å². The van der Waals surface area contributed by atoms with Crippen molar-refractivity contribution in [3.63, 3.8) is 0 Å². The zero-order valence-corrected chi connectivity index (χ0v) is 12.3. The second-order valence-electron chi connectivity index (χ2n) is 5.44. The van der Waals surface area contributed by atoms with E-state index in [0.29, 0.717) is 11.6 Å². The normalized spacial score (nSPS) is 18.4. The van der Waals surface area contributed by atoms with Crippen molar-refractivity contribution in [3.05, 3.63) is 35.9 Å². The first-order valence-electron chi connectivity index (χ1n) is 7.60. The van der Waals surface area contributed by atoms with Gasteiger partial charge in [0.15, 0.2) is 0 Å². The Bertz CT molecular complexity index is 668. The minimum atomic E-state index is 0.462. The molecule has 0 spiro atoms. The van der Waals surface area contributed by atoms with E-state index < -0.39 is 0 Å². The average Bonchev–Trinajstić information content (AvgIpc) is 2.56. The van der Waals surface area contributed by atoms with Gasteiger partial charge in [-0.05, 0) is 38.4 Å². The molecular formula is C17H20N4. The van der Waals surface area contributed by atoms with Crippen molar-refractivity contribution >= 4 is 16.7 Å². The van der Waals surface area contributed by atoms with Crippen LogP contribution in [0.4, 0.5) is 5.82 Å². The number of hydrogen-bond donors (Lipinski definition) is 1. The second-order valence-corrected chi connectivity index (χ2v) is 5.44. The van der Waals surface area contributed by atoms with E-state index in [1.165, 1.54) is 12.8 Å². The largest absolute Gasteiger partial charge is 0.353 e. The first-order valence-corrected chi connectivity index (χ1v) is 7.60. The van der Waals surface area contributed by atoms with Crippen molar-refractivity contribution in [2.75, 3.05) is 24.5 Å². The molecule has 1 atom stereocenters. The van der Waals surface area contributed by atoms with Gasteiger partial charge in [-0.25, -0.2) is 4.98 Å². The Labute approximate surface area is 125 Å². The summed E-state index contributed by atoms with van der Waals surface area (Å²) in [5.41, 5.74) is 1.60. The van der Waals surface area contributed by atoms with Crippen molar-refractivity contribution in [2.45, 2.75) is 25.8 Å². The van der Waals surface area contributed by atoms with E-state index in [-0.39, 0.29) is 0 Å². The molecule has 1 aromatic carbocycles. The predicted molar refractivity (Wildman–Crippen MR) is 85.4 cm³/mol. The maximum absolute atomic E-state index is 9.42. The topological polar surface area (TPSA) is 52.0 Å². The van der Waals surface area contributed by atoms with Gasteiger partial charge in [-0.15, -0.1) is 0 Å². The van der Waals surface area contributed by atoms with Crippen LogP contribution in [0.5, 0.6) is 0 Å². The molecule has 2 aromatic rings. The number of para-hydroxylation sites is 1. The van der Waals surface area contributed by atoms with Crippen LogP contribution >= 0.6 is 0 Å². The van der Waals surface area contributed by atoms with Crippen LogP contribution in [0.3, 0.4) is 0 Å². The molecule has 1 unspecified atom stereocenters. The maximum Gasteiger partial charge on any atom is 0.130 e. The predicted octanol–water partition coefficient (Wildman–Crippen LogP) is 2.68. The van der Waals surface area contributed by atoms with Gasteiger partial charge in [-0.3, -0.25) is 0 Å². The van der Waals surface area contributed by atoms with Gasteiger partial charge < -0.3 is 10.2 Å². The lowest BCUT2D eigenvalue weighted by molar-refractivity contribution is 0.433. The number of rotatable bonds is 3. The third-order valence-corrected chi connectivity index (χ3v) is 4.17. The molecule has 0 aliphatic carbocycles. The number of benzene rings is 1. The summed E-state index contributed by atoms with van der Waals surface area (Å²) in [4.78, 5) is 7.10. The fourth-order valence-corrected chi connectivity index (χ4v) is 3.11. The van der Waals surface area contributed by atoms with Crippen LogP contribution in [0, 0.1) is 11.3 Å². The Morgan fingerprint density at radius 2 is 2.29 bits per heavy atom. The highest BCUT2D eigenvalue weighted by molar-refractivity contribution is 5.86. The Balaban J connectivity index is 2.04. The third-order valence-electron chi connectivity index (χ3n) is 4.17. The number of piperidine rings is 1. The molecule has 108 valence electrons. The first-order chi connectivity index (χ1) is 10.3. The lowest BCUT2D eigenvalue weighted by Crippen LogP contribution is -2.46. The molecule has 1 N–H and O–H groups in total. The molecule has 0 amide bonds. The highest BCUT2D eigenvalue weighted by Crippen LogP contribution is 2.25. The summed E-state index contributed by atoms with van der Waals surface area (Å²) >= 11 is 0. The Morgan fingerprint density at radius 3 is 3.00 bits per heavy atom. The van der Waals surface area contributed by atoms with Gasteiger partial charge in [-0.1, -0.05) is 18.2 Å². The highest BCUT2D eigenvalue weighted by Gasteiger charge is 2.21. The fraction of sp³-hybridized carbons (Fsp3) is 0.412. The number of fused-ring (bicyclic) bond motifs is 1. The van der Waals surface area contributed by atoms with Gasteiger partial charge in [0, 0.05) is 24.5 Å². The number of aromatic nitrogens is 1. The van der Waals surface area contributed by atoms with Crippen LogP contribution < -0.4 is 10.2 Å². The summed E-state index contributed by atoms with van der Waals surface area (Å²) in [6.07, 6.45) is 2.37. The van der Waals surface area contributed by atoms with Crippen molar-refractivity contribution in [1.82, 2.24) is 10.3 Å². The molecule has 0 radical (unpaired) electrons. The van der Waals surface area contributed by atoms with Gasteiger partial charge in [0.2, 0.25) is 0 Å². The van der Waals surface area contributed by atoms with Crippen LogP contribution in [0.1, 0.15) is 25.3 Å². The van der Waals surface area contributed by atoms with Crippen molar-refractivity contribution in [1.29, 1.82) is 5.26 Å². The van der Waals surface area contributed by atoms with E-state index >= 15 is 0 Å². The van der Waals surface area contributed by atoms with Crippen molar-refractivity contribution < 1.29 is 0 Å². The molecule has 1 aliphatic heterocycles. The molecule has 4 nitrogen and oxygen atoms in total. The van der Waals surface area contributed by atoms with Crippen molar-refractivity contribution in [2.24, 2.45) is 0 Å². The lowest BCUT2D eigenvalue weighted by atomic mass is 10.0. The molecule has 0 bridgehead atoms. The summed E-state index contributed by atoms with van der Waals surface area (Å²) in [6.45, 7) is 5.15. The third kappa shape index (κ3) is 2.70. The Kier molecular flexibility index (Phi) is 4.03. The number of hydrogen-bond acceptors (Lipinski definition) is 4. The summed E-state index contributed by atoms with van der Waals surface area (Å²) in [5.74, 6) is 0.918. The summed E-state index contributed by atoms with van der Waals surface area (Å²) in [6, 6.07) is 12.6. The smallest absolute Gasteiger partial charge is 0.130 e.